The Morgan fingerprint density at radius 2 is 2.29 bits per heavy atom. The topological polar surface area (TPSA) is 83.7 Å². The number of hydrogen-bond acceptors (Lipinski definition) is 5. The average molecular weight is 321 g/mol. The van der Waals surface area contributed by atoms with Crippen LogP contribution in [0, 0.1) is 6.92 Å². The normalized spacial score (nSPS) is 10.9. The Kier molecular flexibility index (Phi) is 3.48. The predicted molar refractivity (Wildman–Crippen MR) is 81.4 cm³/mol. The summed E-state index contributed by atoms with van der Waals surface area (Å²) in [4.78, 5) is 28.4. The lowest BCUT2D eigenvalue weighted by molar-refractivity contribution is -0.115. The van der Waals surface area contributed by atoms with Gasteiger partial charge in [-0.05, 0) is 18.6 Å². The van der Waals surface area contributed by atoms with E-state index in [0.29, 0.717) is 16.3 Å². The van der Waals surface area contributed by atoms with Crippen LogP contribution in [-0.4, -0.2) is 26.4 Å². The zero-order chi connectivity index (χ0) is 15.0. The highest BCUT2D eigenvalue weighted by atomic mass is 32.1. The number of rotatable bonds is 4. The number of thiazole rings is 1. The summed E-state index contributed by atoms with van der Waals surface area (Å²) in [5.74, 6) is -1.19. The minimum absolute atomic E-state index is 0.160. The Hall–Kier alpha value is -2.19. The van der Waals surface area contributed by atoms with E-state index >= 15 is 0 Å². The molecular weight excluding hydrogens is 310 g/mol. The summed E-state index contributed by atoms with van der Waals surface area (Å²) in [6.45, 7) is 1.71. The molecule has 0 atom stereocenters. The number of aromatic nitrogens is 2. The molecule has 0 radical (unpaired) electrons. The summed E-state index contributed by atoms with van der Waals surface area (Å²) in [6.07, 6.45) is 3.86. The minimum atomic E-state index is -0.979. The molecule has 108 valence electrons. The molecule has 3 aromatic rings. The van der Waals surface area contributed by atoms with E-state index in [1.165, 1.54) is 11.3 Å². The van der Waals surface area contributed by atoms with Crippen LogP contribution in [0.3, 0.4) is 0 Å². The van der Waals surface area contributed by atoms with Crippen LogP contribution in [-0.2, 0) is 11.2 Å². The molecule has 2 N–H and O–H groups in total. The number of amides is 1. The monoisotopic (exact) mass is 321 g/mol. The maximum absolute atomic E-state index is 12.0. The van der Waals surface area contributed by atoms with Crippen molar-refractivity contribution in [3.05, 3.63) is 40.0 Å². The van der Waals surface area contributed by atoms with Gasteiger partial charge in [-0.2, -0.15) is 0 Å². The number of thiophene rings is 1. The van der Waals surface area contributed by atoms with Gasteiger partial charge >= 0.3 is 5.97 Å². The van der Waals surface area contributed by atoms with Crippen LogP contribution in [0.4, 0.5) is 5.00 Å². The van der Waals surface area contributed by atoms with Gasteiger partial charge in [-0.3, -0.25) is 9.20 Å². The first-order valence-electron chi connectivity index (χ1n) is 6.07. The maximum Gasteiger partial charge on any atom is 0.346 e. The molecule has 0 aliphatic carbocycles. The number of imidazole rings is 1. The van der Waals surface area contributed by atoms with Crippen LogP contribution < -0.4 is 5.32 Å². The third-order valence-electron chi connectivity index (χ3n) is 2.86. The van der Waals surface area contributed by atoms with Gasteiger partial charge in [-0.25, -0.2) is 9.78 Å². The van der Waals surface area contributed by atoms with Gasteiger partial charge in [0, 0.05) is 17.8 Å². The zero-order valence-corrected chi connectivity index (χ0v) is 12.6. The molecule has 3 aromatic heterocycles. The Bertz CT molecular complexity index is 802. The highest BCUT2D eigenvalue weighted by molar-refractivity contribution is 7.18. The Morgan fingerprint density at radius 1 is 1.48 bits per heavy atom. The number of carbonyl (C=O) groups excluding carboxylic acids is 1. The SMILES string of the molecule is Cc1cc(NC(=O)Cc2cn3ccsc3n2)sc1C(=O)O. The molecule has 0 unspecified atom stereocenters. The van der Waals surface area contributed by atoms with E-state index in [1.54, 1.807) is 13.0 Å². The van der Waals surface area contributed by atoms with Gasteiger partial charge in [0.15, 0.2) is 4.96 Å². The van der Waals surface area contributed by atoms with Crippen LogP contribution in [0.25, 0.3) is 4.96 Å². The van der Waals surface area contributed by atoms with Crippen molar-refractivity contribution in [3.8, 4) is 0 Å². The summed E-state index contributed by atoms with van der Waals surface area (Å²) in [7, 11) is 0. The molecule has 6 nitrogen and oxygen atoms in total. The molecule has 0 bridgehead atoms. The van der Waals surface area contributed by atoms with Crippen LogP contribution >= 0.6 is 22.7 Å². The fraction of sp³-hybridized carbons (Fsp3) is 0.154. The lowest BCUT2D eigenvalue weighted by Crippen LogP contribution is -2.13. The molecule has 0 spiro atoms. The zero-order valence-electron chi connectivity index (χ0n) is 11.0. The molecule has 21 heavy (non-hydrogen) atoms. The largest absolute Gasteiger partial charge is 0.477 e. The quantitative estimate of drug-likeness (QED) is 0.774. The standard InChI is InChI=1S/C13H11N3O3S2/c1-7-4-10(21-11(7)12(18)19)15-9(17)5-8-6-16-2-3-20-13(16)14-8/h2-4,6H,5H2,1H3,(H,15,17)(H,18,19). The molecule has 0 aromatic carbocycles. The maximum atomic E-state index is 12.0. The number of carboxylic acid groups (broad SMARTS) is 1. The number of carboxylic acids is 1. The van der Waals surface area contributed by atoms with Crippen molar-refractivity contribution in [2.75, 3.05) is 5.32 Å². The number of aromatic carboxylic acids is 1. The highest BCUT2D eigenvalue weighted by Gasteiger charge is 2.14. The van der Waals surface area contributed by atoms with Crippen molar-refractivity contribution in [1.29, 1.82) is 0 Å². The van der Waals surface area contributed by atoms with Gasteiger partial charge in [0.1, 0.15) is 4.88 Å². The molecular formula is C13H11N3O3S2. The molecule has 1 amide bonds. The lowest BCUT2D eigenvalue weighted by Gasteiger charge is -1.99. The fourth-order valence-electron chi connectivity index (χ4n) is 1.96. The molecule has 0 fully saturated rings. The second-order valence-corrected chi connectivity index (χ2v) is 6.40. The van der Waals surface area contributed by atoms with Gasteiger partial charge in [0.2, 0.25) is 5.91 Å². The molecule has 3 rings (SSSR count). The van der Waals surface area contributed by atoms with Gasteiger partial charge in [-0.15, -0.1) is 22.7 Å². The molecule has 0 aliphatic rings. The smallest absolute Gasteiger partial charge is 0.346 e. The number of carbonyl (C=O) groups is 2. The Morgan fingerprint density at radius 3 is 2.95 bits per heavy atom. The van der Waals surface area contributed by atoms with Crippen molar-refractivity contribution in [2.45, 2.75) is 13.3 Å². The summed E-state index contributed by atoms with van der Waals surface area (Å²) >= 11 is 2.56. The first-order valence-corrected chi connectivity index (χ1v) is 7.77. The number of nitrogens with one attached hydrogen (secondary N) is 1. The van der Waals surface area contributed by atoms with Crippen molar-refractivity contribution < 1.29 is 14.7 Å². The number of fused-ring (bicyclic) bond motifs is 1. The Balaban J connectivity index is 1.70. The van der Waals surface area contributed by atoms with E-state index in [-0.39, 0.29) is 17.2 Å². The Labute approximate surface area is 127 Å². The summed E-state index contributed by atoms with van der Waals surface area (Å²) in [5.41, 5.74) is 1.33. The summed E-state index contributed by atoms with van der Waals surface area (Å²) in [5, 5.41) is 14.2. The average Bonchev–Trinajstić information content (AvgIpc) is 3.03. The van der Waals surface area contributed by atoms with Gasteiger partial charge in [-0.1, -0.05) is 0 Å². The second kappa shape index (κ2) is 5.30. The van der Waals surface area contributed by atoms with Crippen molar-refractivity contribution in [2.24, 2.45) is 0 Å². The molecule has 0 saturated heterocycles. The number of aryl methyl sites for hydroxylation is 1. The fourth-order valence-corrected chi connectivity index (χ4v) is 3.61. The van der Waals surface area contributed by atoms with Gasteiger partial charge in [0.25, 0.3) is 0 Å². The van der Waals surface area contributed by atoms with Gasteiger partial charge < -0.3 is 10.4 Å². The summed E-state index contributed by atoms with van der Waals surface area (Å²) < 4.78 is 1.87. The first kappa shape index (κ1) is 13.8. The van der Waals surface area contributed by atoms with Crippen LogP contribution in [0.2, 0.25) is 0 Å². The van der Waals surface area contributed by atoms with Crippen molar-refractivity contribution >= 4 is 44.5 Å². The van der Waals surface area contributed by atoms with E-state index in [9.17, 15) is 9.59 Å². The van der Waals surface area contributed by atoms with Crippen molar-refractivity contribution in [3.63, 3.8) is 0 Å². The first-order chi connectivity index (χ1) is 10.0. The van der Waals surface area contributed by atoms with E-state index in [4.69, 9.17) is 5.11 Å². The van der Waals surface area contributed by atoms with Crippen molar-refractivity contribution in [1.82, 2.24) is 9.38 Å². The number of nitrogens with zero attached hydrogens (tertiary/aromatic N) is 2. The molecule has 0 aliphatic heterocycles. The molecule has 3 heterocycles. The van der Waals surface area contributed by atoms with Crippen LogP contribution in [0.1, 0.15) is 20.9 Å². The third-order valence-corrected chi connectivity index (χ3v) is 4.77. The summed E-state index contributed by atoms with van der Waals surface area (Å²) in [6, 6.07) is 1.66. The number of hydrogen-bond donors (Lipinski definition) is 2. The van der Waals surface area contributed by atoms with E-state index in [1.807, 2.05) is 22.2 Å². The van der Waals surface area contributed by atoms with Crippen LogP contribution in [0.15, 0.2) is 23.8 Å². The minimum Gasteiger partial charge on any atom is -0.477 e. The van der Waals surface area contributed by atoms with E-state index in [0.717, 1.165) is 16.3 Å². The van der Waals surface area contributed by atoms with Crippen LogP contribution in [0.5, 0.6) is 0 Å². The third kappa shape index (κ3) is 2.81. The van der Waals surface area contributed by atoms with E-state index in [2.05, 4.69) is 10.3 Å². The lowest BCUT2D eigenvalue weighted by atomic mass is 10.3. The molecule has 8 heteroatoms. The van der Waals surface area contributed by atoms with E-state index < -0.39 is 5.97 Å². The molecule has 0 saturated carbocycles. The second-order valence-electron chi connectivity index (χ2n) is 4.48. The van der Waals surface area contributed by atoms with Gasteiger partial charge in [0.05, 0.1) is 17.1 Å². The predicted octanol–water partition coefficient (Wildman–Crippen LogP) is 2.65. The number of anilines is 1. The highest BCUT2D eigenvalue weighted by Crippen LogP contribution is 2.26.